The van der Waals surface area contributed by atoms with Gasteiger partial charge in [-0.05, 0) is 47.7 Å². The fourth-order valence-corrected chi connectivity index (χ4v) is 4.13. The van der Waals surface area contributed by atoms with Crippen molar-refractivity contribution in [1.29, 1.82) is 0 Å². The second-order valence-electron chi connectivity index (χ2n) is 7.43. The van der Waals surface area contributed by atoms with Crippen LogP contribution in [0.5, 0.6) is 0 Å². The molecule has 0 aliphatic heterocycles. The monoisotopic (exact) mass is 450 g/mol. The van der Waals surface area contributed by atoms with Crippen LogP contribution in [0.3, 0.4) is 0 Å². The Labute approximate surface area is 189 Å². The second-order valence-corrected chi connectivity index (χ2v) is 8.21. The van der Waals surface area contributed by atoms with Crippen LogP contribution in [0.15, 0.2) is 71.7 Å². The fraction of sp³-hybridized carbons (Fsp3) is 0.208. The largest absolute Gasteiger partial charge is 0.352 e. The van der Waals surface area contributed by atoms with Crippen molar-refractivity contribution < 1.29 is 14.0 Å². The standard InChI is InChI=1S/C24H23FN4O2S/c25-19-9-7-17(8-10-19)21(14-29-16-27-20-4-1-2-5-22(20)29)28-23(30)6-3-12-26-24(31)18-11-13-32-15-18/h1-2,4-5,7-11,13,15-16,21H,3,6,12,14H2,(H,26,31)(H,28,30). The minimum atomic E-state index is -0.346. The van der Waals surface area contributed by atoms with Crippen molar-refractivity contribution in [2.75, 3.05) is 6.54 Å². The van der Waals surface area contributed by atoms with E-state index in [0.29, 0.717) is 25.1 Å². The maximum atomic E-state index is 13.4. The number of benzene rings is 2. The summed E-state index contributed by atoms with van der Waals surface area (Å²) in [6.45, 7) is 0.877. The number of hydrogen-bond acceptors (Lipinski definition) is 4. The Morgan fingerprint density at radius 3 is 2.69 bits per heavy atom. The van der Waals surface area contributed by atoms with Gasteiger partial charge in [-0.15, -0.1) is 0 Å². The Morgan fingerprint density at radius 2 is 1.91 bits per heavy atom. The molecule has 6 nitrogen and oxygen atoms in total. The smallest absolute Gasteiger partial charge is 0.252 e. The van der Waals surface area contributed by atoms with E-state index < -0.39 is 0 Å². The summed E-state index contributed by atoms with van der Waals surface area (Å²) in [5.74, 6) is -0.593. The van der Waals surface area contributed by atoms with Crippen molar-refractivity contribution in [3.63, 3.8) is 0 Å². The predicted molar refractivity (Wildman–Crippen MR) is 123 cm³/mol. The first-order valence-corrected chi connectivity index (χ1v) is 11.3. The average Bonchev–Trinajstić information content (AvgIpc) is 3.47. The van der Waals surface area contributed by atoms with E-state index in [-0.39, 0.29) is 30.1 Å². The number of amides is 2. The third-order valence-corrected chi connectivity index (χ3v) is 5.85. The third kappa shape index (κ3) is 5.39. The Morgan fingerprint density at radius 1 is 1.09 bits per heavy atom. The highest BCUT2D eigenvalue weighted by atomic mass is 32.1. The summed E-state index contributed by atoms with van der Waals surface area (Å²) in [6, 6.07) is 15.3. The third-order valence-electron chi connectivity index (χ3n) is 5.16. The highest BCUT2D eigenvalue weighted by Crippen LogP contribution is 2.20. The Hall–Kier alpha value is -3.52. The van der Waals surface area contributed by atoms with Gasteiger partial charge in [0.25, 0.3) is 5.91 Å². The second kappa shape index (κ2) is 10.2. The van der Waals surface area contributed by atoms with Gasteiger partial charge in [-0.25, -0.2) is 9.37 Å². The van der Waals surface area contributed by atoms with Crippen LogP contribution >= 0.6 is 11.3 Å². The van der Waals surface area contributed by atoms with Gasteiger partial charge in [0.15, 0.2) is 0 Å². The zero-order chi connectivity index (χ0) is 22.3. The molecule has 8 heteroatoms. The van der Waals surface area contributed by atoms with Crippen LogP contribution in [-0.2, 0) is 11.3 Å². The number of carbonyl (C=O) groups excluding carboxylic acids is 2. The van der Waals surface area contributed by atoms with E-state index in [1.807, 2.05) is 34.2 Å². The summed E-state index contributed by atoms with van der Waals surface area (Å²) in [6.07, 6.45) is 2.53. The number of halogens is 1. The maximum Gasteiger partial charge on any atom is 0.252 e. The molecule has 0 aliphatic carbocycles. The number of imidazole rings is 1. The van der Waals surface area contributed by atoms with E-state index in [0.717, 1.165) is 16.6 Å². The molecule has 0 fully saturated rings. The summed E-state index contributed by atoms with van der Waals surface area (Å²) < 4.78 is 15.4. The summed E-state index contributed by atoms with van der Waals surface area (Å²) in [7, 11) is 0. The fourth-order valence-electron chi connectivity index (χ4n) is 3.50. The molecular formula is C24H23FN4O2S. The number of para-hydroxylation sites is 2. The lowest BCUT2D eigenvalue weighted by Crippen LogP contribution is -2.32. The van der Waals surface area contributed by atoms with Crippen LogP contribution in [0, 0.1) is 5.82 Å². The summed E-state index contributed by atoms with van der Waals surface area (Å²) >= 11 is 1.46. The van der Waals surface area contributed by atoms with Gasteiger partial charge in [-0.2, -0.15) is 11.3 Å². The number of nitrogens with zero attached hydrogens (tertiary/aromatic N) is 2. The molecule has 1 atom stereocenters. The van der Waals surface area contributed by atoms with Crippen molar-refractivity contribution in [3.8, 4) is 0 Å². The highest BCUT2D eigenvalue weighted by Gasteiger charge is 2.17. The number of aromatic nitrogens is 2. The lowest BCUT2D eigenvalue weighted by atomic mass is 10.1. The van der Waals surface area contributed by atoms with E-state index in [1.165, 1.54) is 23.5 Å². The Balaban J connectivity index is 1.38. The van der Waals surface area contributed by atoms with Gasteiger partial charge in [0.1, 0.15) is 5.82 Å². The highest BCUT2D eigenvalue weighted by molar-refractivity contribution is 7.08. The van der Waals surface area contributed by atoms with Crippen LogP contribution in [-0.4, -0.2) is 27.9 Å². The van der Waals surface area contributed by atoms with Crippen LogP contribution < -0.4 is 10.6 Å². The zero-order valence-electron chi connectivity index (χ0n) is 17.3. The first-order valence-electron chi connectivity index (χ1n) is 10.4. The molecule has 4 rings (SSSR count). The molecule has 0 saturated heterocycles. The normalized spacial score (nSPS) is 11.9. The lowest BCUT2D eigenvalue weighted by molar-refractivity contribution is -0.122. The van der Waals surface area contributed by atoms with Crippen molar-refractivity contribution in [2.45, 2.75) is 25.4 Å². The molecule has 0 spiro atoms. The number of thiophene rings is 1. The van der Waals surface area contributed by atoms with E-state index in [4.69, 9.17) is 0 Å². The summed E-state index contributed by atoms with van der Waals surface area (Å²) in [5.41, 5.74) is 3.27. The molecule has 0 radical (unpaired) electrons. The van der Waals surface area contributed by atoms with Crippen molar-refractivity contribution in [3.05, 3.63) is 88.6 Å². The molecule has 2 amide bonds. The van der Waals surface area contributed by atoms with E-state index in [9.17, 15) is 14.0 Å². The molecule has 2 N–H and O–H groups in total. The van der Waals surface area contributed by atoms with E-state index in [1.54, 1.807) is 29.9 Å². The molecule has 2 aromatic carbocycles. The number of rotatable bonds is 9. The van der Waals surface area contributed by atoms with Crippen LogP contribution in [0.4, 0.5) is 4.39 Å². The quantitative estimate of drug-likeness (QED) is 0.373. The van der Waals surface area contributed by atoms with E-state index in [2.05, 4.69) is 15.6 Å². The molecule has 0 saturated carbocycles. The molecule has 1 unspecified atom stereocenters. The molecule has 2 aromatic heterocycles. The van der Waals surface area contributed by atoms with Gasteiger partial charge in [-0.3, -0.25) is 9.59 Å². The molecular weight excluding hydrogens is 427 g/mol. The van der Waals surface area contributed by atoms with Crippen LogP contribution in [0.25, 0.3) is 11.0 Å². The first kappa shape index (κ1) is 21.7. The predicted octanol–water partition coefficient (Wildman–Crippen LogP) is 4.30. The topological polar surface area (TPSA) is 76.0 Å². The number of hydrogen-bond donors (Lipinski definition) is 2. The summed E-state index contributed by atoms with van der Waals surface area (Å²) in [5, 5.41) is 9.51. The Bertz CT molecular complexity index is 1190. The zero-order valence-corrected chi connectivity index (χ0v) is 18.1. The van der Waals surface area contributed by atoms with Crippen molar-refractivity contribution in [2.24, 2.45) is 0 Å². The number of carbonyl (C=O) groups is 2. The van der Waals surface area contributed by atoms with Gasteiger partial charge in [0, 0.05) is 30.5 Å². The molecule has 4 aromatic rings. The minimum Gasteiger partial charge on any atom is -0.352 e. The molecule has 164 valence electrons. The van der Waals surface area contributed by atoms with E-state index >= 15 is 0 Å². The van der Waals surface area contributed by atoms with Gasteiger partial charge in [0.05, 0.1) is 23.4 Å². The molecule has 32 heavy (non-hydrogen) atoms. The number of nitrogens with one attached hydrogen (secondary N) is 2. The van der Waals surface area contributed by atoms with Crippen molar-refractivity contribution in [1.82, 2.24) is 20.2 Å². The average molecular weight is 451 g/mol. The SMILES string of the molecule is O=C(CCCNC(=O)c1ccsc1)NC(Cn1cnc2ccccc21)c1ccc(F)cc1. The van der Waals surface area contributed by atoms with Gasteiger partial charge in [-0.1, -0.05) is 24.3 Å². The van der Waals surface area contributed by atoms with Gasteiger partial charge in [0.2, 0.25) is 5.91 Å². The minimum absolute atomic E-state index is 0.131. The first-order chi connectivity index (χ1) is 15.6. The summed E-state index contributed by atoms with van der Waals surface area (Å²) in [4.78, 5) is 29.0. The maximum absolute atomic E-state index is 13.4. The van der Waals surface area contributed by atoms with Gasteiger partial charge >= 0.3 is 0 Å². The van der Waals surface area contributed by atoms with Gasteiger partial charge < -0.3 is 15.2 Å². The molecule has 0 bridgehead atoms. The van der Waals surface area contributed by atoms with Crippen molar-refractivity contribution >= 4 is 34.2 Å². The molecule has 0 aliphatic rings. The lowest BCUT2D eigenvalue weighted by Gasteiger charge is -2.20. The van der Waals surface area contributed by atoms with Crippen LogP contribution in [0.1, 0.15) is 34.8 Å². The Kier molecular flexibility index (Phi) is 6.91. The van der Waals surface area contributed by atoms with Crippen LogP contribution in [0.2, 0.25) is 0 Å². The number of fused-ring (bicyclic) bond motifs is 1. The molecule has 2 heterocycles.